The zero-order valence-corrected chi connectivity index (χ0v) is 14.6. The molecule has 0 N–H and O–H groups in total. The Morgan fingerprint density at radius 3 is 2.59 bits per heavy atom. The van der Waals surface area contributed by atoms with Crippen LogP contribution in [-0.2, 0) is 13.1 Å². The highest BCUT2D eigenvalue weighted by Gasteiger charge is 2.25. The van der Waals surface area contributed by atoms with E-state index < -0.39 is 0 Å². The summed E-state index contributed by atoms with van der Waals surface area (Å²) in [5.74, 6) is 0. The fourth-order valence-corrected chi connectivity index (χ4v) is 3.33. The fourth-order valence-electron chi connectivity index (χ4n) is 3.07. The molecule has 1 aromatic heterocycles. The van der Waals surface area contributed by atoms with E-state index in [0.29, 0.717) is 0 Å². The van der Waals surface area contributed by atoms with Crippen molar-refractivity contribution in [1.29, 1.82) is 0 Å². The number of hydrogen-bond donors (Lipinski definition) is 0. The second-order valence-corrected chi connectivity index (χ2v) is 6.62. The van der Waals surface area contributed by atoms with E-state index in [9.17, 15) is 4.79 Å². The van der Waals surface area contributed by atoms with Gasteiger partial charge >= 0.3 is 0 Å². The van der Waals surface area contributed by atoms with Gasteiger partial charge in [0.1, 0.15) is 5.69 Å². The maximum Gasteiger partial charge on any atom is 0.254 e. The van der Waals surface area contributed by atoms with E-state index in [1.807, 2.05) is 17.6 Å². The highest BCUT2D eigenvalue weighted by atomic mass is 79.9. The van der Waals surface area contributed by atoms with Gasteiger partial charge < -0.3 is 0 Å². The normalized spacial score (nSPS) is 14.1. The van der Waals surface area contributed by atoms with Crippen LogP contribution in [0.3, 0.4) is 0 Å². The molecule has 4 heteroatoms. The van der Waals surface area contributed by atoms with Crippen LogP contribution >= 0.6 is 15.9 Å². The molecule has 0 radical (unpaired) electrons. The molecular formula is C18H20BrN2O+. The lowest BCUT2D eigenvalue weighted by molar-refractivity contribution is -0.548. The SMILES string of the molecule is CCC1=[N+](Cc2ccc(Br)cc2)CCn2c1ccc(C)c2=O. The van der Waals surface area contributed by atoms with E-state index in [2.05, 4.69) is 57.8 Å². The minimum absolute atomic E-state index is 0.145. The van der Waals surface area contributed by atoms with Gasteiger partial charge in [0.2, 0.25) is 0 Å². The number of fused-ring (bicyclic) bond motifs is 1. The summed E-state index contributed by atoms with van der Waals surface area (Å²) in [7, 11) is 0. The van der Waals surface area contributed by atoms with Crippen molar-refractivity contribution in [2.75, 3.05) is 6.54 Å². The summed E-state index contributed by atoms with van der Waals surface area (Å²) in [5.41, 5.74) is 4.58. The summed E-state index contributed by atoms with van der Waals surface area (Å²) in [6.07, 6.45) is 0.930. The van der Waals surface area contributed by atoms with Crippen LogP contribution in [0.4, 0.5) is 0 Å². The molecule has 1 aliphatic heterocycles. The van der Waals surface area contributed by atoms with Crippen LogP contribution in [0.15, 0.2) is 45.7 Å². The average molecular weight is 360 g/mol. The molecule has 2 aromatic rings. The molecule has 0 amide bonds. The Hall–Kier alpha value is -1.68. The molecular weight excluding hydrogens is 340 g/mol. The first kappa shape index (κ1) is 15.2. The van der Waals surface area contributed by atoms with E-state index in [1.165, 1.54) is 11.3 Å². The Balaban J connectivity index is 2.02. The summed E-state index contributed by atoms with van der Waals surface area (Å²) in [6.45, 7) is 6.57. The molecule has 114 valence electrons. The Kier molecular flexibility index (Phi) is 4.30. The maximum atomic E-state index is 12.3. The lowest BCUT2D eigenvalue weighted by Crippen LogP contribution is -2.39. The highest BCUT2D eigenvalue weighted by Crippen LogP contribution is 2.15. The van der Waals surface area contributed by atoms with Crippen LogP contribution in [0, 0.1) is 6.92 Å². The van der Waals surface area contributed by atoms with E-state index in [1.54, 1.807) is 0 Å². The minimum Gasteiger partial charge on any atom is -0.297 e. The summed E-state index contributed by atoms with van der Waals surface area (Å²) in [6, 6.07) is 12.5. The number of benzene rings is 1. The Morgan fingerprint density at radius 1 is 1.18 bits per heavy atom. The molecule has 1 aliphatic rings. The molecule has 0 aliphatic carbocycles. The molecule has 0 saturated carbocycles. The number of rotatable bonds is 3. The molecule has 22 heavy (non-hydrogen) atoms. The first-order valence-corrected chi connectivity index (χ1v) is 8.45. The molecule has 0 bridgehead atoms. The molecule has 3 nitrogen and oxygen atoms in total. The van der Waals surface area contributed by atoms with Gasteiger partial charge in [-0.1, -0.05) is 41.1 Å². The summed E-state index contributed by atoms with van der Waals surface area (Å²) in [4.78, 5) is 12.3. The van der Waals surface area contributed by atoms with Crippen LogP contribution in [0.2, 0.25) is 0 Å². The number of halogens is 1. The number of aromatic nitrogens is 1. The first-order valence-electron chi connectivity index (χ1n) is 7.66. The number of hydrogen-bond acceptors (Lipinski definition) is 1. The third-order valence-electron chi connectivity index (χ3n) is 4.26. The summed E-state index contributed by atoms with van der Waals surface area (Å²) in [5, 5.41) is 0. The predicted molar refractivity (Wildman–Crippen MR) is 92.8 cm³/mol. The average Bonchev–Trinajstić information content (AvgIpc) is 2.53. The van der Waals surface area contributed by atoms with E-state index in [4.69, 9.17) is 0 Å². The molecule has 0 spiro atoms. The van der Waals surface area contributed by atoms with Gasteiger partial charge in [-0.2, -0.15) is 0 Å². The van der Waals surface area contributed by atoms with Crippen molar-refractivity contribution in [2.24, 2.45) is 0 Å². The topological polar surface area (TPSA) is 25.0 Å². The van der Waals surface area contributed by atoms with Crippen LogP contribution in [0.25, 0.3) is 0 Å². The van der Waals surface area contributed by atoms with Gasteiger partial charge in [0.05, 0.1) is 6.54 Å². The van der Waals surface area contributed by atoms with E-state index in [-0.39, 0.29) is 5.56 Å². The Labute approximate surface area is 139 Å². The fraction of sp³-hybridized carbons (Fsp3) is 0.333. The van der Waals surface area contributed by atoms with Gasteiger partial charge in [-0.05, 0) is 25.1 Å². The Bertz CT molecular complexity index is 788. The molecule has 2 heterocycles. The van der Waals surface area contributed by atoms with Gasteiger partial charge in [0, 0.05) is 22.0 Å². The largest absolute Gasteiger partial charge is 0.297 e. The van der Waals surface area contributed by atoms with Gasteiger partial charge in [-0.3, -0.25) is 9.36 Å². The van der Waals surface area contributed by atoms with Crippen molar-refractivity contribution < 1.29 is 4.58 Å². The lowest BCUT2D eigenvalue weighted by atomic mass is 10.1. The van der Waals surface area contributed by atoms with Gasteiger partial charge in [-0.15, -0.1) is 0 Å². The van der Waals surface area contributed by atoms with Gasteiger partial charge in [0.25, 0.3) is 5.56 Å². The van der Waals surface area contributed by atoms with E-state index >= 15 is 0 Å². The van der Waals surface area contributed by atoms with Crippen LogP contribution in [-0.4, -0.2) is 21.4 Å². The summed E-state index contributed by atoms with van der Waals surface area (Å²) < 4.78 is 5.42. The predicted octanol–water partition coefficient (Wildman–Crippen LogP) is 3.34. The van der Waals surface area contributed by atoms with Crippen molar-refractivity contribution in [3.8, 4) is 0 Å². The minimum atomic E-state index is 0.145. The second-order valence-electron chi connectivity index (χ2n) is 5.71. The molecule has 0 fully saturated rings. The number of nitrogens with zero attached hydrogens (tertiary/aromatic N) is 2. The highest BCUT2D eigenvalue weighted by molar-refractivity contribution is 9.10. The zero-order valence-electron chi connectivity index (χ0n) is 13.0. The van der Waals surface area contributed by atoms with Crippen LogP contribution < -0.4 is 5.56 Å². The van der Waals surface area contributed by atoms with Gasteiger partial charge in [0.15, 0.2) is 18.8 Å². The third kappa shape index (κ3) is 2.80. The standard InChI is InChI=1S/C18H20BrN2O/c1-3-16-17-9-4-13(2)18(22)21(17)11-10-20(16)12-14-5-7-15(19)8-6-14/h4-9H,3,10-12H2,1-2H3/q+1. The van der Waals surface area contributed by atoms with Crippen molar-refractivity contribution >= 4 is 21.6 Å². The monoisotopic (exact) mass is 359 g/mol. The smallest absolute Gasteiger partial charge is 0.254 e. The number of pyridine rings is 1. The van der Waals surface area contributed by atoms with Crippen LogP contribution in [0.1, 0.15) is 30.2 Å². The van der Waals surface area contributed by atoms with E-state index in [0.717, 1.165) is 41.8 Å². The molecule has 0 saturated heterocycles. The van der Waals surface area contributed by atoms with Crippen LogP contribution in [0.5, 0.6) is 0 Å². The molecule has 0 atom stereocenters. The third-order valence-corrected chi connectivity index (χ3v) is 4.79. The van der Waals surface area contributed by atoms with Crippen molar-refractivity contribution in [1.82, 2.24) is 4.57 Å². The zero-order chi connectivity index (χ0) is 15.7. The molecule has 1 aromatic carbocycles. The number of aryl methyl sites for hydroxylation is 1. The molecule has 0 unspecified atom stereocenters. The molecule has 3 rings (SSSR count). The van der Waals surface area contributed by atoms with Gasteiger partial charge in [-0.25, -0.2) is 4.58 Å². The van der Waals surface area contributed by atoms with Crippen molar-refractivity contribution in [3.63, 3.8) is 0 Å². The quantitative estimate of drug-likeness (QED) is 0.771. The Morgan fingerprint density at radius 2 is 1.91 bits per heavy atom. The second kappa shape index (κ2) is 6.21. The lowest BCUT2D eigenvalue weighted by Gasteiger charge is -2.20. The van der Waals surface area contributed by atoms with Crippen molar-refractivity contribution in [3.05, 3.63) is 68.0 Å². The van der Waals surface area contributed by atoms with Crippen molar-refractivity contribution in [2.45, 2.75) is 33.4 Å². The summed E-state index contributed by atoms with van der Waals surface area (Å²) >= 11 is 3.48. The first-order chi connectivity index (χ1) is 10.6. The maximum absolute atomic E-state index is 12.3.